The van der Waals surface area contributed by atoms with Gasteiger partial charge in [-0.1, -0.05) is 6.92 Å². The molecule has 5 nitrogen and oxygen atoms in total. The highest BCUT2D eigenvalue weighted by molar-refractivity contribution is 5.85. The molecule has 0 spiro atoms. The summed E-state index contributed by atoms with van der Waals surface area (Å²) in [5.74, 6) is -0.991. The topological polar surface area (TPSA) is 62.7 Å². The zero-order chi connectivity index (χ0) is 13.4. The van der Waals surface area contributed by atoms with Gasteiger partial charge in [0.2, 0.25) is 0 Å². The number of hydrogen-bond donors (Lipinski definition) is 1. The molecule has 0 unspecified atom stereocenters. The molecule has 0 fully saturated rings. The predicted molar refractivity (Wildman–Crippen MR) is 68.6 cm³/mol. The SMILES string of the molecule is CCOCCN(CC)Cc1ccnc(C(=O)O)c1. The maximum Gasteiger partial charge on any atom is 0.354 e. The van der Waals surface area contributed by atoms with Gasteiger partial charge in [0.1, 0.15) is 5.69 Å². The Hall–Kier alpha value is -1.46. The maximum absolute atomic E-state index is 10.8. The third kappa shape index (κ3) is 4.81. The molecule has 1 aromatic rings. The van der Waals surface area contributed by atoms with Crippen molar-refractivity contribution in [1.29, 1.82) is 0 Å². The van der Waals surface area contributed by atoms with Crippen LogP contribution in [0.2, 0.25) is 0 Å². The first-order valence-electron chi connectivity index (χ1n) is 6.15. The Kier molecular flexibility index (Phi) is 6.32. The molecular weight excluding hydrogens is 232 g/mol. The van der Waals surface area contributed by atoms with Gasteiger partial charge in [0.05, 0.1) is 6.61 Å². The molecule has 5 heteroatoms. The molecule has 1 heterocycles. The smallest absolute Gasteiger partial charge is 0.354 e. The van der Waals surface area contributed by atoms with E-state index >= 15 is 0 Å². The van der Waals surface area contributed by atoms with Gasteiger partial charge in [-0.15, -0.1) is 0 Å². The fourth-order valence-corrected chi connectivity index (χ4v) is 1.63. The van der Waals surface area contributed by atoms with Gasteiger partial charge in [-0.2, -0.15) is 0 Å². The summed E-state index contributed by atoms with van der Waals surface area (Å²) in [6.45, 7) is 7.92. The van der Waals surface area contributed by atoms with E-state index < -0.39 is 5.97 Å². The number of likely N-dealkylation sites (N-methyl/N-ethyl adjacent to an activating group) is 1. The van der Waals surface area contributed by atoms with Crippen molar-refractivity contribution in [3.8, 4) is 0 Å². The molecule has 100 valence electrons. The van der Waals surface area contributed by atoms with E-state index in [0.717, 1.165) is 25.3 Å². The molecule has 0 amide bonds. The molecule has 0 aliphatic heterocycles. The predicted octanol–water partition coefficient (Wildman–Crippen LogP) is 1.64. The zero-order valence-corrected chi connectivity index (χ0v) is 10.9. The van der Waals surface area contributed by atoms with E-state index in [1.54, 1.807) is 6.07 Å². The lowest BCUT2D eigenvalue weighted by molar-refractivity contribution is 0.0690. The Morgan fingerprint density at radius 2 is 2.28 bits per heavy atom. The van der Waals surface area contributed by atoms with E-state index in [9.17, 15) is 4.79 Å². The molecule has 0 saturated carbocycles. The first-order chi connectivity index (χ1) is 8.67. The van der Waals surface area contributed by atoms with Crippen molar-refractivity contribution < 1.29 is 14.6 Å². The third-order valence-corrected chi connectivity index (χ3v) is 2.65. The van der Waals surface area contributed by atoms with Crippen molar-refractivity contribution in [2.45, 2.75) is 20.4 Å². The van der Waals surface area contributed by atoms with Gasteiger partial charge in [-0.25, -0.2) is 9.78 Å². The van der Waals surface area contributed by atoms with Gasteiger partial charge in [0.25, 0.3) is 0 Å². The highest BCUT2D eigenvalue weighted by Gasteiger charge is 2.08. The van der Waals surface area contributed by atoms with Gasteiger partial charge in [-0.05, 0) is 31.2 Å². The van der Waals surface area contributed by atoms with Crippen molar-refractivity contribution in [3.05, 3.63) is 29.6 Å². The highest BCUT2D eigenvalue weighted by Crippen LogP contribution is 2.06. The normalized spacial score (nSPS) is 10.8. The summed E-state index contributed by atoms with van der Waals surface area (Å²) in [6.07, 6.45) is 1.54. The minimum Gasteiger partial charge on any atom is -0.477 e. The fourth-order valence-electron chi connectivity index (χ4n) is 1.63. The average molecular weight is 252 g/mol. The van der Waals surface area contributed by atoms with Crippen molar-refractivity contribution in [2.24, 2.45) is 0 Å². The Morgan fingerprint density at radius 3 is 2.89 bits per heavy atom. The van der Waals surface area contributed by atoms with Crippen molar-refractivity contribution >= 4 is 5.97 Å². The number of carboxylic acids is 1. The molecule has 1 rings (SSSR count). The van der Waals surface area contributed by atoms with Crippen LogP contribution in [0.15, 0.2) is 18.3 Å². The molecule has 18 heavy (non-hydrogen) atoms. The Labute approximate surface area is 107 Å². The summed E-state index contributed by atoms with van der Waals surface area (Å²) in [5.41, 5.74) is 1.05. The molecule has 1 aromatic heterocycles. The fraction of sp³-hybridized carbons (Fsp3) is 0.538. The van der Waals surface area contributed by atoms with Gasteiger partial charge in [0.15, 0.2) is 0 Å². The lowest BCUT2D eigenvalue weighted by atomic mass is 10.2. The third-order valence-electron chi connectivity index (χ3n) is 2.65. The van der Waals surface area contributed by atoms with Gasteiger partial charge in [-0.3, -0.25) is 4.90 Å². The van der Waals surface area contributed by atoms with Crippen molar-refractivity contribution in [3.63, 3.8) is 0 Å². The van der Waals surface area contributed by atoms with Gasteiger partial charge >= 0.3 is 5.97 Å². The lowest BCUT2D eigenvalue weighted by Gasteiger charge is -2.20. The summed E-state index contributed by atoms with van der Waals surface area (Å²) < 4.78 is 5.32. The number of ether oxygens (including phenoxy) is 1. The van der Waals surface area contributed by atoms with Crippen LogP contribution in [0.25, 0.3) is 0 Å². The van der Waals surface area contributed by atoms with E-state index in [-0.39, 0.29) is 5.69 Å². The second-order valence-electron chi connectivity index (χ2n) is 3.92. The summed E-state index contributed by atoms with van der Waals surface area (Å²) >= 11 is 0. The number of carboxylic acid groups (broad SMARTS) is 1. The summed E-state index contributed by atoms with van der Waals surface area (Å²) in [7, 11) is 0. The average Bonchev–Trinajstić information content (AvgIpc) is 2.38. The first-order valence-corrected chi connectivity index (χ1v) is 6.15. The molecule has 0 bridgehead atoms. The number of carbonyl (C=O) groups is 1. The van der Waals surface area contributed by atoms with Crippen molar-refractivity contribution in [1.82, 2.24) is 9.88 Å². The minimum absolute atomic E-state index is 0.0911. The van der Waals surface area contributed by atoms with Crippen LogP contribution in [0.3, 0.4) is 0 Å². The molecule has 0 atom stereocenters. The maximum atomic E-state index is 10.8. The van der Waals surface area contributed by atoms with E-state index in [4.69, 9.17) is 9.84 Å². The Balaban J connectivity index is 2.58. The van der Waals surface area contributed by atoms with Crippen molar-refractivity contribution in [2.75, 3.05) is 26.3 Å². The number of nitrogens with zero attached hydrogens (tertiary/aromatic N) is 2. The Morgan fingerprint density at radius 1 is 1.50 bits per heavy atom. The van der Waals surface area contributed by atoms with Crippen LogP contribution < -0.4 is 0 Å². The van der Waals surface area contributed by atoms with Crippen LogP contribution in [-0.4, -0.2) is 47.3 Å². The molecule has 0 aromatic carbocycles. The molecule has 0 aliphatic carbocycles. The minimum atomic E-state index is -0.991. The summed E-state index contributed by atoms with van der Waals surface area (Å²) in [6, 6.07) is 3.46. The number of hydrogen-bond acceptors (Lipinski definition) is 4. The number of pyridine rings is 1. The quantitative estimate of drug-likeness (QED) is 0.713. The van der Waals surface area contributed by atoms with E-state index in [1.807, 2.05) is 13.0 Å². The van der Waals surface area contributed by atoms with E-state index in [0.29, 0.717) is 13.2 Å². The number of aromatic carboxylic acids is 1. The number of rotatable bonds is 8. The highest BCUT2D eigenvalue weighted by atomic mass is 16.5. The van der Waals surface area contributed by atoms with Crippen LogP contribution in [0.4, 0.5) is 0 Å². The number of aromatic nitrogens is 1. The second kappa shape index (κ2) is 7.79. The first kappa shape index (κ1) is 14.6. The zero-order valence-electron chi connectivity index (χ0n) is 10.9. The lowest BCUT2D eigenvalue weighted by Crippen LogP contribution is -2.27. The van der Waals surface area contributed by atoms with Gasteiger partial charge in [0, 0.05) is 25.9 Å². The summed E-state index contributed by atoms with van der Waals surface area (Å²) in [4.78, 5) is 16.8. The van der Waals surface area contributed by atoms with Crippen LogP contribution in [0.5, 0.6) is 0 Å². The molecular formula is C13H20N2O3. The van der Waals surface area contributed by atoms with Gasteiger partial charge < -0.3 is 9.84 Å². The molecule has 0 aliphatic rings. The van der Waals surface area contributed by atoms with Crippen LogP contribution in [-0.2, 0) is 11.3 Å². The molecule has 0 radical (unpaired) electrons. The molecule has 1 N–H and O–H groups in total. The summed E-state index contributed by atoms with van der Waals surface area (Å²) in [5, 5.41) is 8.88. The Bertz CT molecular complexity index is 382. The standard InChI is InChI=1S/C13H20N2O3/c1-3-15(7-8-18-4-2)10-11-5-6-14-12(9-11)13(16)17/h5-6,9H,3-4,7-8,10H2,1-2H3,(H,16,17). The largest absolute Gasteiger partial charge is 0.477 e. The second-order valence-corrected chi connectivity index (χ2v) is 3.92. The molecule has 0 saturated heterocycles. The van der Waals surface area contributed by atoms with Crippen LogP contribution in [0, 0.1) is 0 Å². The van der Waals surface area contributed by atoms with E-state index in [1.165, 1.54) is 6.20 Å². The van der Waals surface area contributed by atoms with Crippen LogP contribution >= 0.6 is 0 Å². The monoisotopic (exact) mass is 252 g/mol. The van der Waals surface area contributed by atoms with Crippen LogP contribution in [0.1, 0.15) is 29.9 Å². The van der Waals surface area contributed by atoms with E-state index in [2.05, 4.69) is 16.8 Å².